The number of pyridine rings is 1. The van der Waals surface area contributed by atoms with Gasteiger partial charge in [0.05, 0.1) is 19.7 Å². The lowest BCUT2D eigenvalue weighted by atomic mass is 10.1. The van der Waals surface area contributed by atoms with E-state index in [4.69, 9.17) is 9.47 Å². The first-order chi connectivity index (χ1) is 9.81. The smallest absolute Gasteiger partial charge is 0.322 e. The molecule has 0 atom stereocenters. The molecule has 0 aliphatic carbocycles. The van der Waals surface area contributed by atoms with Crippen LogP contribution in [0.3, 0.4) is 0 Å². The molecule has 0 radical (unpaired) electrons. The van der Waals surface area contributed by atoms with Gasteiger partial charge in [-0.2, -0.15) is 9.97 Å². The minimum Gasteiger partial charge on any atom is -0.467 e. The molecule has 6 heteroatoms. The number of rotatable bonds is 3. The molecule has 3 aromatic rings. The van der Waals surface area contributed by atoms with Gasteiger partial charge in [-0.1, -0.05) is 18.2 Å². The van der Waals surface area contributed by atoms with Gasteiger partial charge in [0.25, 0.3) is 0 Å². The van der Waals surface area contributed by atoms with Crippen LogP contribution in [-0.2, 0) is 0 Å². The Labute approximate surface area is 115 Å². The molecule has 0 N–H and O–H groups in total. The van der Waals surface area contributed by atoms with Crippen molar-refractivity contribution in [2.75, 3.05) is 14.2 Å². The molecule has 2 heterocycles. The molecule has 0 fully saturated rings. The fourth-order valence-corrected chi connectivity index (χ4v) is 1.93. The summed E-state index contributed by atoms with van der Waals surface area (Å²) >= 11 is 0. The number of benzene rings is 1. The van der Waals surface area contributed by atoms with E-state index in [9.17, 15) is 0 Å². The van der Waals surface area contributed by atoms with E-state index in [0.29, 0.717) is 5.82 Å². The number of nitrogens with zero attached hydrogens (tertiary/aromatic N) is 4. The number of methoxy groups -OCH3 is 2. The van der Waals surface area contributed by atoms with Gasteiger partial charge in [0.15, 0.2) is 5.82 Å². The number of aromatic nitrogens is 4. The van der Waals surface area contributed by atoms with Gasteiger partial charge >= 0.3 is 12.0 Å². The van der Waals surface area contributed by atoms with Crippen LogP contribution in [0, 0.1) is 0 Å². The second-order valence-corrected chi connectivity index (χ2v) is 4.01. The third kappa shape index (κ3) is 2.11. The summed E-state index contributed by atoms with van der Waals surface area (Å²) in [5.41, 5.74) is 1.63. The molecule has 0 aliphatic heterocycles. The highest BCUT2D eigenvalue weighted by atomic mass is 16.5. The van der Waals surface area contributed by atoms with Crippen molar-refractivity contribution in [3.05, 3.63) is 36.5 Å². The number of fused-ring (bicyclic) bond motifs is 1. The molecule has 20 heavy (non-hydrogen) atoms. The maximum Gasteiger partial charge on any atom is 0.322 e. The van der Waals surface area contributed by atoms with E-state index in [1.54, 1.807) is 6.20 Å². The number of hydrogen-bond donors (Lipinski definition) is 0. The van der Waals surface area contributed by atoms with E-state index in [2.05, 4.69) is 19.9 Å². The number of para-hydroxylation sites is 1. The molecule has 0 saturated heterocycles. The van der Waals surface area contributed by atoms with Crippen LogP contribution in [-0.4, -0.2) is 34.2 Å². The normalized spacial score (nSPS) is 10.5. The Kier molecular flexibility index (Phi) is 3.12. The highest BCUT2D eigenvalue weighted by molar-refractivity contribution is 5.91. The largest absolute Gasteiger partial charge is 0.467 e. The van der Waals surface area contributed by atoms with Crippen LogP contribution in [0.1, 0.15) is 0 Å². The Morgan fingerprint density at radius 3 is 2.25 bits per heavy atom. The fraction of sp³-hybridized carbons (Fsp3) is 0.143. The Hall–Kier alpha value is -2.76. The number of hydrogen-bond acceptors (Lipinski definition) is 6. The molecular weight excluding hydrogens is 256 g/mol. The fourth-order valence-electron chi connectivity index (χ4n) is 1.93. The lowest BCUT2D eigenvalue weighted by molar-refractivity contribution is 0.341. The highest BCUT2D eigenvalue weighted by Crippen LogP contribution is 2.26. The summed E-state index contributed by atoms with van der Waals surface area (Å²) in [5, 5.41) is 1.02. The Morgan fingerprint density at radius 1 is 0.850 bits per heavy atom. The molecule has 0 amide bonds. The molecule has 3 rings (SSSR count). The Balaban J connectivity index is 2.25. The zero-order chi connectivity index (χ0) is 13.9. The van der Waals surface area contributed by atoms with E-state index in [1.807, 2.05) is 30.3 Å². The van der Waals surface area contributed by atoms with Crippen molar-refractivity contribution in [1.82, 2.24) is 19.9 Å². The van der Waals surface area contributed by atoms with Gasteiger partial charge in [0.1, 0.15) is 0 Å². The molecule has 0 spiro atoms. The van der Waals surface area contributed by atoms with E-state index in [1.165, 1.54) is 14.2 Å². The van der Waals surface area contributed by atoms with Crippen molar-refractivity contribution in [2.45, 2.75) is 0 Å². The first kappa shape index (κ1) is 12.3. The minimum absolute atomic E-state index is 0.208. The first-order valence-electron chi connectivity index (χ1n) is 6.00. The van der Waals surface area contributed by atoms with Crippen molar-refractivity contribution in [3.63, 3.8) is 0 Å². The maximum atomic E-state index is 5.07. The summed E-state index contributed by atoms with van der Waals surface area (Å²) in [5.74, 6) is 0.470. The van der Waals surface area contributed by atoms with Gasteiger partial charge in [-0.25, -0.2) is 0 Å². The molecule has 1 aromatic carbocycles. The zero-order valence-corrected chi connectivity index (χ0v) is 11.1. The van der Waals surface area contributed by atoms with Gasteiger partial charge in [-0.15, -0.1) is 4.98 Å². The van der Waals surface area contributed by atoms with Crippen LogP contribution in [0.15, 0.2) is 36.5 Å². The van der Waals surface area contributed by atoms with Gasteiger partial charge in [-0.3, -0.25) is 4.98 Å². The van der Waals surface area contributed by atoms with Crippen molar-refractivity contribution in [1.29, 1.82) is 0 Å². The van der Waals surface area contributed by atoms with Crippen LogP contribution in [0.25, 0.3) is 22.3 Å². The first-order valence-corrected chi connectivity index (χ1v) is 6.00. The van der Waals surface area contributed by atoms with E-state index < -0.39 is 0 Å². The molecule has 0 bridgehead atoms. The van der Waals surface area contributed by atoms with Crippen LogP contribution >= 0.6 is 0 Å². The van der Waals surface area contributed by atoms with E-state index >= 15 is 0 Å². The van der Waals surface area contributed by atoms with Crippen molar-refractivity contribution in [2.24, 2.45) is 0 Å². The third-order valence-electron chi connectivity index (χ3n) is 2.83. The average Bonchev–Trinajstić information content (AvgIpc) is 2.53. The Bertz CT molecular complexity index is 734. The predicted molar refractivity (Wildman–Crippen MR) is 73.7 cm³/mol. The molecule has 0 unspecified atom stereocenters. The molecule has 100 valence electrons. The summed E-state index contributed by atoms with van der Waals surface area (Å²) < 4.78 is 10.1. The second-order valence-electron chi connectivity index (χ2n) is 4.01. The Morgan fingerprint density at radius 2 is 1.55 bits per heavy atom. The van der Waals surface area contributed by atoms with Crippen LogP contribution in [0.5, 0.6) is 12.0 Å². The average molecular weight is 268 g/mol. The van der Waals surface area contributed by atoms with Gasteiger partial charge in [0, 0.05) is 17.1 Å². The second kappa shape index (κ2) is 5.08. The molecule has 2 aromatic heterocycles. The summed E-state index contributed by atoms with van der Waals surface area (Å²) in [7, 11) is 3.00. The van der Waals surface area contributed by atoms with Gasteiger partial charge < -0.3 is 9.47 Å². The number of ether oxygens (including phenoxy) is 2. The van der Waals surface area contributed by atoms with Gasteiger partial charge in [-0.05, 0) is 12.1 Å². The summed E-state index contributed by atoms with van der Waals surface area (Å²) in [4.78, 5) is 16.9. The minimum atomic E-state index is 0.208. The summed E-state index contributed by atoms with van der Waals surface area (Å²) in [6, 6.07) is 10.1. The monoisotopic (exact) mass is 268 g/mol. The van der Waals surface area contributed by atoms with E-state index in [-0.39, 0.29) is 12.0 Å². The third-order valence-corrected chi connectivity index (χ3v) is 2.83. The van der Waals surface area contributed by atoms with Crippen LogP contribution < -0.4 is 9.47 Å². The lowest BCUT2D eigenvalue weighted by Crippen LogP contribution is -2.01. The highest BCUT2D eigenvalue weighted by Gasteiger charge is 2.12. The van der Waals surface area contributed by atoms with Crippen molar-refractivity contribution >= 4 is 10.9 Å². The molecular formula is C14H12N4O2. The van der Waals surface area contributed by atoms with Crippen LogP contribution in [0.2, 0.25) is 0 Å². The van der Waals surface area contributed by atoms with Crippen molar-refractivity contribution < 1.29 is 9.47 Å². The summed E-state index contributed by atoms with van der Waals surface area (Å²) in [6.07, 6.45) is 1.74. The standard InChI is InChI=1S/C14H12N4O2/c1-19-13-16-12(17-14(18-13)20-2)10-7-3-5-9-6-4-8-15-11(9)10/h3-8H,1-2H3. The quantitative estimate of drug-likeness (QED) is 0.724. The molecule has 0 aliphatic rings. The predicted octanol–water partition coefficient (Wildman–Crippen LogP) is 2.10. The summed E-state index contributed by atoms with van der Waals surface area (Å²) in [6.45, 7) is 0. The zero-order valence-electron chi connectivity index (χ0n) is 11.1. The maximum absolute atomic E-state index is 5.07. The molecule has 6 nitrogen and oxygen atoms in total. The molecule has 0 saturated carbocycles. The van der Waals surface area contributed by atoms with Crippen LogP contribution in [0.4, 0.5) is 0 Å². The topological polar surface area (TPSA) is 70.0 Å². The van der Waals surface area contributed by atoms with Gasteiger partial charge in [0.2, 0.25) is 0 Å². The van der Waals surface area contributed by atoms with Crippen molar-refractivity contribution in [3.8, 4) is 23.4 Å². The lowest BCUT2D eigenvalue weighted by Gasteiger charge is -2.07. The SMILES string of the molecule is COc1nc(OC)nc(-c2cccc3cccnc23)n1. The van der Waals surface area contributed by atoms with E-state index in [0.717, 1.165) is 16.5 Å².